The largest absolute Gasteiger partial charge is 0.381 e. The Morgan fingerprint density at radius 2 is 2.05 bits per heavy atom. The molecular formula is C16H18FNO. The summed E-state index contributed by atoms with van der Waals surface area (Å²) in [6, 6.07) is 6.83. The maximum Gasteiger partial charge on any atom is 0.123 e. The summed E-state index contributed by atoms with van der Waals surface area (Å²) >= 11 is 0. The minimum Gasteiger partial charge on any atom is -0.381 e. The first kappa shape index (κ1) is 12.5. The van der Waals surface area contributed by atoms with Gasteiger partial charge in [0.2, 0.25) is 0 Å². The van der Waals surface area contributed by atoms with Crippen LogP contribution in [0.4, 0.5) is 4.39 Å². The molecule has 1 aromatic carbocycles. The van der Waals surface area contributed by atoms with Gasteiger partial charge in [0.1, 0.15) is 5.82 Å². The van der Waals surface area contributed by atoms with Crippen molar-refractivity contribution in [3.63, 3.8) is 0 Å². The number of rotatable bonds is 2. The molecule has 0 amide bonds. The predicted octanol–water partition coefficient (Wildman–Crippen LogP) is 4.05. The minimum absolute atomic E-state index is 0.202. The van der Waals surface area contributed by atoms with E-state index in [-0.39, 0.29) is 11.9 Å². The van der Waals surface area contributed by atoms with Gasteiger partial charge in [-0.25, -0.2) is 4.39 Å². The molecule has 1 heterocycles. The number of ether oxygens (including phenoxy) is 1. The highest BCUT2D eigenvalue weighted by molar-refractivity contribution is 5.82. The van der Waals surface area contributed by atoms with Crippen molar-refractivity contribution in [1.82, 2.24) is 4.98 Å². The van der Waals surface area contributed by atoms with Crippen molar-refractivity contribution >= 4 is 10.9 Å². The third kappa shape index (κ3) is 2.35. The van der Waals surface area contributed by atoms with E-state index < -0.39 is 0 Å². The standard InChI is InChI=1S/C16H18FNO/c1-19-16-5-3-2-4-13(16)12-8-9-18-15-7-6-11(17)10-14(12)15/h6-10,13,16H,2-5H2,1H3/t13-,16+/m0/s1. The van der Waals surface area contributed by atoms with Crippen LogP contribution >= 0.6 is 0 Å². The van der Waals surface area contributed by atoms with Crippen molar-refractivity contribution in [3.8, 4) is 0 Å². The first-order chi connectivity index (χ1) is 9.29. The van der Waals surface area contributed by atoms with E-state index in [0.717, 1.165) is 23.7 Å². The van der Waals surface area contributed by atoms with Gasteiger partial charge in [-0.05, 0) is 42.7 Å². The quantitative estimate of drug-likeness (QED) is 0.811. The van der Waals surface area contributed by atoms with Gasteiger partial charge in [-0.3, -0.25) is 4.98 Å². The third-order valence-electron chi connectivity index (χ3n) is 4.14. The van der Waals surface area contributed by atoms with Crippen molar-refractivity contribution in [2.75, 3.05) is 7.11 Å². The number of benzene rings is 1. The number of methoxy groups -OCH3 is 1. The molecule has 2 aromatic rings. The fraction of sp³-hybridized carbons (Fsp3) is 0.438. The number of halogens is 1. The number of nitrogens with zero attached hydrogens (tertiary/aromatic N) is 1. The monoisotopic (exact) mass is 259 g/mol. The van der Waals surface area contributed by atoms with Gasteiger partial charge in [-0.1, -0.05) is 12.8 Å². The molecule has 0 N–H and O–H groups in total. The van der Waals surface area contributed by atoms with E-state index in [4.69, 9.17) is 4.74 Å². The van der Waals surface area contributed by atoms with Crippen LogP contribution < -0.4 is 0 Å². The van der Waals surface area contributed by atoms with Gasteiger partial charge in [0.25, 0.3) is 0 Å². The molecular weight excluding hydrogens is 241 g/mol. The molecule has 2 atom stereocenters. The van der Waals surface area contributed by atoms with E-state index in [9.17, 15) is 4.39 Å². The van der Waals surface area contributed by atoms with Gasteiger partial charge in [0.05, 0.1) is 11.6 Å². The van der Waals surface area contributed by atoms with E-state index in [2.05, 4.69) is 4.98 Å². The summed E-state index contributed by atoms with van der Waals surface area (Å²) in [6.07, 6.45) is 6.67. The molecule has 3 rings (SSSR count). The summed E-state index contributed by atoms with van der Waals surface area (Å²) in [5.41, 5.74) is 2.04. The minimum atomic E-state index is -0.202. The number of aromatic nitrogens is 1. The van der Waals surface area contributed by atoms with Gasteiger partial charge >= 0.3 is 0 Å². The molecule has 0 unspecified atom stereocenters. The molecule has 3 heteroatoms. The molecule has 100 valence electrons. The Morgan fingerprint density at radius 1 is 1.21 bits per heavy atom. The van der Waals surface area contributed by atoms with Crippen LogP contribution in [-0.2, 0) is 4.74 Å². The second-order valence-electron chi connectivity index (χ2n) is 5.23. The van der Waals surface area contributed by atoms with Crippen molar-refractivity contribution < 1.29 is 9.13 Å². The molecule has 1 fully saturated rings. The second kappa shape index (κ2) is 5.25. The Hall–Kier alpha value is -1.48. The molecule has 0 saturated heterocycles. The lowest BCUT2D eigenvalue weighted by Crippen LogP contribution is -2.25. The molecule has 0 radical (unpaired) electrons. The van der Waals surface area contributed by atoms with Crippen LogP contribution in [0.15, 0.2) is 30.5 Å². The smallest absolute Gasteiger partial charge is 0.123 e. The SMILES string of the molecule is CO[C@@H]1CCCC[C@H]1c1ccnc2ccc(F)cc12. The zero-order valence-corrected chi connectivity index (χ0v) is 11.1. The van der Waals surface area contributed by atoms with Gasteiger partial charge in [0, 0.05) is 24.6 Å². The van der Waals surface area contributed by atoms with Gasteiger partial charge in [-0.15, -0.1) is 0 Å². The van der Waals surface area contributed by atoms with Crippen LogP contribution in [0.3, 0.4) is 0 Å². The van der Waals surface area contributed by atoms with Crippen LogP contribution in [0.2, 0.25) is 0 Å². The van der Waals surface area contributed by atoms with Crippen molar-refractivity contribution in [1.29, 1.82) is 0 Å². The van der Waals surface area contributed by atoms with E-state index in [1.54, 1.807) is 19.2 Å². The van der Waals surface area contributed by atoms with Gasteiger partial charge in [-0.2, -0.15) is 0 Å². The average molecular weight is 259 g/mol. The average Bonchev–Trinajstić information content (AvgIpc) is 2.46. The fourth-order valence-corrected chi connectivity index (χ4v) is 3.20. The molecule has 2 nitrogen and oxygen atoms in total. The van der Waals surface area contributed by atoms with Gasteiger partial charge < -0.3 is 4.74 Å². The molecule has 0 aliphatic heterocycles. The number of hydrogen-bond acceptors (Lipinski definition) is 2. The van der Waals surface area contributed by atoms with E-state index in [1.807, 2.05) is 12.3 Å². The topological polar surface area (TPSA) is 22.1 Å². The third-order valence-corrected chi connectivity index (χ3v) is 4.14. The highest BCUT2D eigenvalue weighted by Crippen LogP contribution is 2.37. The lowest BCUT2D eigenvalue weighted by atomic mass is 9.80. The predicted molar refractivity (Wildman–Crippen MR) is 73.7 cm³/mol. The number of pyridine rings is 1. The first-order valence-electron chi connectivity index (χ1n) is 6.86. The van der Waals surface area contributed by atoms with E-state index in [0.29, 0.717) is 5.92 Å². The van der Waals surface area contributed by atoms with Crippen LogP contribution in [-0.4, -0.2) is 18.2 Å². The second-order valence-corrected chi connectivity index (χ2v) is 5.23. The van der Waals surface area contributed by atoms with Crippen LogP contribution in [0.5, 0.6) is 0 Å². The highest BCUT2D eigenvalue weighted by Gasteiger charge is 2.27. The van der Waals surface area contributed by atoms with Crippen molar-refractivity contribution in [2.24, 2.45) is 0 Å². The molecule has 0 bridgehead atoms. The molecule has 1 aliphatic rings. The summed E-state index contributed by atoms with van der Waals surface area (Å²) in [6.45, 7) is 0. The first-order valence-corrected chi connectivity index (χ1v) is 6.86. The van der Waals surface area contributed by atoms with Crippen molar-refractivity contribution in [3.05, 3.63) is 41.8 Å². The van der Waals surface area contributed by atoms with E-state index in [1.165, 1.54) is 24.5 Å². The zero-order valence-electron chi connectivity index (χ0n) is 11.1. The zero-order chi connectivity index (χ0) is 13.2. The summed E-state index contributed by atoms with van der Waals surface area (Å²) < 4.78 is 19.1. The lowest BCUT2D eigenvalue weighted by molar-refractivity contribution is 0.0527. The normalized spacial score (nSPS) is 23.7. The molecule has 19 heavy (non-hydrogen) atoms. The van der Waals surface area contributed by atoms with E-state index >= 15 is 0 Å². The Morgan fingerprint density at radius 3 is 2.89 bits per heavy atom. The van der Waals surface area contributed by atoms with Crippen molar-refractivity contribution in [2.45, 2.75) is 37.7 Å². The fourth-order valence-electron chi connectivity index (χ4n) is 3.20. The Bertz CT molecular complexity index is 584. The van der Waals surface area contributed by atoms with Gasteiger partial charge in [0.15, 0.2) is 0 Å². The Balaban J connectivity index is 2.10. The summed E-state index contributed by atoms with van der Waals surface area (Å²) in [4.78, 5) is 4.32. The molecule has 1 saturated carbocycles. The summed E-state index contributed by atoms with van der Waals surface area (Å²) in [5.74, 6) is 0.151. The summed E-state index contributed by atoms with van der Waals surface area (Å²) in [5, 5.41) is 0.927. The maximum absolute atomic E-state index is 13.5. The molecule has 0 spiro atoms. The summed E-state index contributed by atoms with van der Waals surface area (Å²) in [7, 11) is 1.77. The van der Waals surface area contributed by atoms with Crippen LogP contribution in [0.25, 0.3) is 10.9 Å². The highest BCUT2D eigenvalue weighted by atomic mass is 19.1. The Labute approximate surface area is 112 Å². The van der Waals surface area contributed by atoms with Crippen LogP contribution in [0, 0.1) is 5.82 Å². The number of fused-ring (bicyclic) bond motifs is 1. The lowest BCUT2D eigenvalue weighted by Gasteiger charge is -2.31. The van der Waals surface area contributed by atoms with Crippen LogP contribution in [0.1, 0.15) is 37.2 Å². The molecule has 1 aliphatic carbocycles. The molecule has 1 aromatic heterocycles. The number of hydrogen-bond donors (Lipinski definition) is 0. The Kier molecular flexibility index (Phi) is 3.47. The maximum atomic E-state index is 13.5.